The smallest absolute Gasteiger partial charge is 0.276 e. The van der Waals surface area contributed by atoms with Gasteiger partial charge in [0.1, 0.15) is 11.5 Å². The van der Waals surface area contributed by atoms with Crippen LogP contribution >= 0.6 is 44.1 Å². The molecule has 0 aliphatic heterocycles. The van der Waals surface area contributed by atoms with Gasteiger partial charge in [-0.1, -0.05) is 28.1 Å². The van der Waals surface area contributed by atoms with Gasteiger partial charge in [0.05, 0.1) is 11.1 Å². The van der Waals surface area contributed by atoms with E-state index >= 15 is 0 Å². The fourth-order valence-electron chi connectivity index (χ4n) is 2.37. The van der Waals surface area contributed by atoms with Gasteiger partial charge in [-0.05, 0) is 83.5 Å². The summed E-state index contributed by atoms with van der Waals surface area (Å²) >= 11 is 11.8. The first-order chi connectivity index (χ1) is 14.8. The average Bonchev–Trinajstić information content (AvgIpc) is 2.71. The minimum Gasteiger partial charge on any atom is -0.494 e. The second kappa shape index (κ2) is 12.4. The Morgan fingerprint density at radius 1 is 1.10 bits per heavy atom. The van der Waals surface area contributed by atoms with Gasteiger partial charge in [0.15, 0.2) is 11.7 Å². The molecule has 0 saturated carbocycles. The van der Waals surface area contributed by atoms with Crippen LogP contribution in [0.15, 0.2) is 51.4 Å². The quantitative estimate of drug-likeness (QED) is 0.265. The van der Waals surface area contributed by atoms with Gasteiger partial charge in [0.25, 0.3) is 5.91 Å². The van der Waals surface area contributed by atoms with Crippen LogP contribution in [0, 0.1) is 6.92 Å². The monoisotopic (exact) mass is 569 g/mol. The molecule has 2 aromatic rings. The van der Waals surface area contributed by atoms with E-state index < -0.39 is 11.8 Å². The largest absolute Gasteiger partial charge is 0.494 e. The summed E-state index contributed by atoms with van der Waals surface area (Å²) in [5, 5.41) is 2.39. The Labute approximate surface area is 202 Å². The lowest BCUT2D eigenvalue weighted by molar-refractivity contribution is -0.123. The lowest BCUT2D eigenvalue weighted by Gasteiger charge is -2.13. The van der Waals surface area contributed by atoms with Crippen LogP contribution in [0.1, 0.15) is 18.1 Å². The molecule has 164 valence electrons. The summed E-state index contributed by atoms with van der Waals surface area (Å²) < 4.78 is 12.5. The van der Waals surface area contributed by atoms with E-state index in [1.165, 1.54) is 6.08 Å². The second-order valence-corrected chi connectivity index (χ2v) is 8.33. The molecule has 10 heteroatoms. The third-order valence-corrected chi connectivity index (χ3v) is 4.96. The first-order valence-electron chi connectivity index (χ1n) is 9.17. The van der Waals surface area contributed by atoms with E-state index in [1.807, 2.05) is 50.2 Å². The van der Waals surface area contributed by atoms with Crippen LogP contribution < -0.4 is 25.6 Å². The van der Waals surface area contributed by atoms with Crippen molar-refractivity contribution >= 4 is 67.1 Å². The van der Waals surface area contributed by atoms with Gasteiger partial charge in [0.2, 0.25) is 5.91 Å². The van der Waals surface area contributed by atoms with E-state index in [9.17, 15) is 9.59 Å². The molecular weight excluding hydrogens is 550 g/mol. The van der Waals surface area contributed by atoms with Crippen molar-refractivity contribution < 1.29 is 19.1 Å². The third kappa shape index (κ3) is 8.68. The highest BCUT2D eigenvalue weighted by molar-refractivity contribution is 9.11. The van der Waals surface area contributed by atoms with Crippen molar-refractivity contribution in [3.8, 4) is 11.5 Å². The van der Waals surface area contributed by atoms with E-state index in [2.05, 4.69) is 48.0 Å². The zero-order valence-electron chi connectivity index (χ0n) is 16.8. The first-order valence-corrected chi connectivity index (χ1v) is 11.2. The average molecular weight is 571 g/mol. The molecule has 0 radical (unpaired) electrons. The highest BCUT2D eigenvalue weighted by Gasteiger charge is 2.10. The lowest BCUT2D eigenvalue weighted by atomic mass is 10.2. The number of hydrazine groups is 1. The van der Waals surface area contributed by atoms with Crippen molar-refractivity contribution in [1.82, 2.24) is 16.2 Å². The fraction of sp³-hybridized carbons (Fsp3) is 0.190. The lowest BCUT2D eigenvalue weighted by Crippen LogP contribution is -2.49. The Morgan fingerprint density at radius 3 is 2.45 bits per heavy atom. The van der Waals surface area contributed by atoms with Crippen molar-refractivity contribution in [3.05, 3.63) is 62.5 Å². The number of nitrogens with one attached hydrogen (secondary N) is 3. The Bertz CT molecular complexity index is 958. The summed E-state index contributed by atoms with van der Waals surface area (Å²) in [4.78, 5) is 23.9. The maximum absolute atomic E-state index is 12.0. The number of thiocarbonyl (C=S) groups is 1. The molecule has 31 heavy (non-hydrogen) atoms. The number of ether oxygens (including phenoxy) is 2. The predicted octanol–water partition coefficient (Wildman–Crippen LogP) is 4.03. The van der Waals surface area contributed by atoms with Crippen LogP contribution in [0.4, 0.5) is 0 Å². The number of amides is 2. The summed E-state index contributed by atoms with van der Waals surface area (Å²) in [7, 11) is 0. The number of carbonyl (C=O) groups excluding carboxylic acids is 2. The number of halogens is 2. The topological polar surface area (TPSA) is 88.7 Å². The molecule has 2 rings (SSSR count). The molecular formula is C21H21Br2N3O4S. The third-order valence-electron chi connectivity index (χ3n) is 3.71. The normalized spacial score (nSPS) is 10.5. The summed E-state index contributed by atoms with van der Waals surface area (Å²) in [5.41, 5.74) is 6.52. The standard InChI is InChI=1S/C21H21Br2N3O4S/c1-3-29-16-7-4-14(5-8-16)6-9-18(27)24-21(31)26-25-19(28)12-30-20-13(2)10-15(22)11-17(20)23/h4-11H,3,12H2,1-2H3,(H,25,28)(H2,24,26,27,31)/b9-6+. The number of hydrogen-bond donors (Lipinski definition) is 3. The molecule has 0 aliphatic rings. The van der Waals surface area contributed by atoms with Crippen molar-refractivity contribution in [1.29, 1.82) is 0 Å². The highest BCUT2D eigenvalue weighted by Crippen LogP contribution is 2.32. The zero-order chi connectivity index (χ0) is 22.8. The molecule has 0 fully saturated rings. The molecule has 0 bridgehead atoms. The van der Waals surface area contributed by atoms with E-state index in [-0.39, 0.29) is 11.7 Å². The van der Waals surface area contributed by atoms with Crippen LogP contribution in [0.3, 0.4) is 0 Å². The van der Waals surface area contributed by atoms with Crippen LogP contribution in [-0.2, 0) is 9.59 Å². The molecule has 3 N–H and O–H groups in total. The minimum atomic E-state index is -0.462. The van der Waals surface area contributed by atoms with Crippen LogP contribution in [0.25, 0.3) is 6.08 Å². The predicted molar refractivity (Wildman–Crippen MR) is 131 cm³/mol. The van der Waals surface area contributed by atoms with Crippen molar-refractivity contribution in [2.45, 2.75) is 13.8 Å². The van der Waals surface area contributed by atoms with Gasteiger partial charge in [-0.2, -0.15) is 0 Å². The molecule has 0 aliphatic carbocycles. The summed E-state index contributed by atoms with van der Waals surface area (Å²) in [6, 6.07) is 11.0. The van der Waals surface area contributed by atoms with Crippen LogP contribution in [0.2, 0.25) is 0 Å². The van der Waals surface area contributed by atoms with E-state index in [0.29, 0.717) is 12.4 Å². The number of aryl methyl sites for hydroxylation is 1. The van der Waals surface area contributed by atoms with Crippen LogP contribution in [0.5, 0.6) is 11.5 Å². The van der Waals surface area contributed by atoms with E-state index in [4.69, 9.17) is 21.7 Å². The van der Waals surface area contributed by atoms with Gasteiger partial charge in [0, 0.05) is 10.5 Å². The molecule has 7 nitrogen and oxygen atoms in total. The molecule has 0 unspecified atom stereocenters. The second-order valence-electron chi connectivity index (χ2n) is 6.15. The molecule has 0 aromatic heterocycles. The Morgan fingerprint density at radius 2 is 1.81 bits per heavy atom. The van der Waals surface area contributed by atoms with Gasteiger partial charge in [-0.3, -0.25) is 25.8 Å². The highest BCUT2D eigenvalue weighted by atomic mass is 79.9. The Kier molecular flexibility index (Phi) is 9.96. The molecule has 0 heterocycles. The number of hydrogen-bond acceptors (Lipinski definition) is 5. The van der Waals surface area contributed by atoms with Gasteiger partial charge in [-0.15, -0.1) is 0 Å². The van der Waals surface area contributed by atoms with Gasteiger partial charge < -0.3 is 9.47 Å². The molecule has 0 saturated heterocycles. The van der Waals surface area contributed by atoms with Gasteiger partial charge >= 0.3 is 0 Å². The maximum Gasteiger partial charge on any atom is 0.276 e. The minimum absolute atomic E-state index is 0.0457. The van der Waals surface area contributed by atoms with Gasteiger partial charge in [-0.25, -0.2) is 0 Å². The summed E-state index contributed by atoms with van der Waals surface area (Å²) in [5.74, 6) is 0.424. The molecule has 2 amide bonds. The van der Waals surface area contributed by atoms with Crippen molar-refractivity contribution in [2.24, 2.45) is 0 Å². The van der Waals surface area contributed by atoms with Crippen molar-refractivity contribution in [3.63, 3.8) is 0 Å². The maximum atomic E-state index is 12.0. The van der Waals surface area contributed by atoms with E-state index in [1.54, 1.807) is 6.08 Å². The summed E-state index contributed by atoms with van der Waals surface area (Å²) in [6.45, 7) is 4.13. The Balaban J connectivity index is 1.74. The van der Waals surface area contributed by atoms with E-state index in [0.717, 1.165) is 25.8 Å². The van der Waals surface area contributed by atoms with Crippen molar-refractivity contribution in [2.75, 3.05) is 13.2 Å². The zero-order valence-corrected chi connectivity index (χ0v) is 20.8. The first kappa shape index (κ1) is 24.8. The SMILES string of the molecule is CCOc1ccc(/C=C/C(=O)NC(=S)NNC(=O)COc2c(C)cc(Br)cc2Br)cc1. The van der Waals surface area contributed by atoms with Crippen LogP contribution in [-0.4, -0.2) is 30.1 Å². The molecule has 2 aromatic carbocycles. The summed E-state index contributed by atoms with van der Waals surface area (Å²) in [6.07, 6.45) is 2.97. The fourth-order valence-corrected chi connectivity index (χ4v) is 4.08. The Hall–Kier alpha value is -2.43. The molecule has 0 atom stereocenters. The number of carbonyl (C=O) groups is 2. The molecule has 0 spiro atoms. The number of rotatable bonds is 7. The number of benzene rings is 2.